The summed E-state index contributed by atoms with van der Waals surface area (Å²) >= 11 is 7.23. The van der Waals surface area contributed by atoms with Crippen LogP contribution < -0.4 is 14.9 Å². The van der Waals surface area contributed by atoms with Crippen LogP contribution in [0.1, 0.15) is 16.0 Å². The summed E-state index contributed by atoms with van der Waals surface area (Å²) in [7, 11) is -3.62. The molecule has 0 saturated heterocycles. The first kappa shape index (κ1) is 19.4. The quantitative estimate of drug-likeness (QED) is 0.727. The molecule has 0 saturated carbocycles. The number of sulfonamides is 1. The van der Waals surface area contributed by atoms with E-state index in [1.807, 2.05) is 24.3 Å². The standard InChI is InChI=1S/C19H20ClN3O3S2/c20-18-4-3-16(27-18)7-10-28(25,26)22-17-6-9-23(19(17)24)15-2-1-13-5-8-21-12-14(13)11-15/h1-4,6,11,21-22H,5,7-10,12H2. The molecule has 0 unspecified atom stereocenters. The lowest BCUT2D eigenvalue weighted by atomic mass is 10.0. The van der Waals surface area contributed by atoms with Crippen molar-refractivity contribution >= 4 is 44.6 Å². The Balaban J connectivity index is 1.41. The minimum absolute atomic E-state index is 0.0982. The second kappa shape index (κ2) is 7.87. The zero-order valence-corrected chi connectivity index (χ0v) is 17.5. The zero-order chi connectivity index (χ0) is 19.7. The Morgan fingerprint density at radius 1 is 1.21 bits per heavy atom. The van der Waals surface area contributed by atoms with E-state index in [9.17, 15) is 13.2 Å². The number of benzene rings is 1. The molecule has 2 N–H and O–H groups in total. The van der Waals surface area contributed by atoms with E-state index in [1.54, 1.807) is 17.0 Å². The third-order valence-corrected chi connectivity index (χ3v) is 7.42. The van der Waals surface area contributed by atoms with Crippen LogP contribution in [0.25, 0.3) is 0 Å². The molecule has 3 heterocycles. The molecule has 2 aromatic rings. The van der Waals surface area contributed by atoms with Gasteiger partial charge < -0.3 is 10.2 Å². The van der Waals surface area contributed by atoms with Crippen LogP contribution in [0.5, 0.6) is 0 Å². The Kier molecular flexibility index (Phi) is 5.46. The van der Waals surface area contributed by atoms with Gasteiger partial charge >= 0.3 is 0 Å². The van der Waals surface area contributed by atoms with Crippen molar-refractivity contribution in [2.45, 2.75) is 19.4 Å². The summed E-state index contributed by atoms with van der Waals surface area (Å²) in [4.78, 5) is 15.2. The van der Waals surface area contributed by atoms with Crippen molar-refractivity contribution in [2.24, 2.45) is 0 Å². The average Bonchev–Trinajstić information content (AvgIpc) is 3.25. The number of aryl methyl sites for hydroxylation is 1. The van der Waals surface area contributed by atoms with Gasteiger partial charge in [0.05, 0.1) is 10.1 Å². The predicted octanol–water partition coefficient (Wildman–Crippen LogP) is 2.44. The minimum atomic E-state index is -3.62. The van der Waals surface area contributed by atoms with Crippen LogP contribution in [0.2, 0.25) is 4.34 Å². The molecule has 4 rings (SSSR count). The summed E-state index contributed by atoms with van der Waals surface area (Å²) in [6.45, 7) is 2.09. The number of carbonyl (C=O) groups excluding carboxylic acids is 1. The van der Waals surface area contributed by atoms with E-state index < -0.39 is 10.0 Å². The van der Waals surface area contributed by atoms with Crippen molar-refractivity contribution in [3.63, 3.8) is 0 Å². The van der Waals surface area contributed by atoms with Crippen molar-refractivity contribution in [2.75, 3.05) is 23.7 Å². The maximum Gasteiger partial charge on any atom is 0.275 e. The lowest BCUT2D eigenvalue weighted by Crippen LogP contribution is -2.34. The number of nitrogens with one attached hydrogen (secondary N) is 2. The molecular weight excluding hydrogens is 418 g/mol. The van der Waals surface area contributed by atoms with Gasteiger partial charge in [-0.2, -0.15) is 0 Å². The Morgan fingerprint density at radius 3 is 2.86 bits per heavy atom. The van der Waals surface area contributed by atoms with Crippen molar-refractivity contribution in [3.05, 3.63) is 62.4 Å². The minimum Gasteiger partial charge on any atom is -0.312 e. The Hall–Kier alpha value is -1.87. The van der Waals surface area contributed by atoms with Crippen molar-refractivity contribution in [1.29, 1.82) is 0 Å². The molecule has 0 spiro atoms. The lowest BCUT2D eigenvalue weighted by Gasteiger charge is -2.22. The number of carbonyl (C=O) groups is 1. The second-order valence-electron chi connectivity index (χ2n) is 6.79. The van der Waals surface area contributed by atoms with E-state index in [0.717, 1.165) is 30.1 Å². The fraction of sp³-hybridized carbons (Fsp3) is 0.316. The second-order valence-corrected chi connectivity index (χ2v) is 10.4. The molecule has 1 amide bonds. The van der Waals surface area contributed by atoms with E-state index in [-0.39, 0.29) is 17.4 Å². The van der Waals surface area contributed by atoms with Crippen molar-refractivity contribution < 1.29 is 13.2 Å². The van der Waals surface area contributed by atoms with Crippen LogP contribution in [0, 0.1) is 0 Å². The first-order valence-electron chi connectivity index (χ1n) is 9.00. The first-order valence-corrected chi connectivity index (χ1v) is 11.9. The number of thiophene rings is 1. The maximum absolute atomic E-state index is 12.7. The number of fused-ring (bicyclic) bond motifs is 1. The maximum atomic E-state index is 12.7. The van der Waals surface area contributed by atoms with Gasteiger partial charge in [-0.15, -0.1) is 11.3 Å². The van der Waals surface area contributed by atoms with Crippen molar-refractivity contribution in [1.82, 2.24) is 10.0 Å². The van der Waals surface area contributed by atoms with E-state index in [4.69, 9.17) is 11.6 Å². The number of hydrogen-bond acceptors (Lipinski definition) is 5. The molecule has 0 bridgehead atoms. The van der Waals surface area contributed by atoms with Crippen LogP contribution in [-0.4, -0.2) is 33.2 Å². The number of hydrogen-bond donors (Lipinski definition) is 2. The predicted molar refractivity (Wildman–Crippen MR) is 112 cm³/mol. The summed E-state index contributed by atoms with van der Waals surface area (Å²) in [6.07, 6.45) is 2.96. The van der Waals surface area contributed by atoms with Crippen LogP contribution >= 0.6 is 22.9 Å². The molecule has 2 aliphatic heterocycles. The highest BCUT2D eigenvalue weighted by molar-refractivity contribution is 7.89. The molecule has 1 aromatic heterocycles. The van der Waals surface area contributed by atoms with Gasteiger partial charge in [-0.3, -0.25) is 9.52 Å². The SMILES string of the molecule is O=C1C(NS(=O)(=O)CCc2ccc(Cl)s2)=CCN1c1ccc2c(c1)CNCC2. The topological polar surface area (TPSA) is 78.5 Å². The molecule has 0 fully saturated rings. The molecule has 0 atom stereocenters. The third-order valence-electron chi connectivity index (χ3n) is 4.85. The summed E-state index contributed by atoms with van der Waals surface area (Å²) in [6, 6.07) is 9.54. The largest absolute Gasteiger partial charge is 0.312 e. The number of nitrogens with zero attached hydrogens (tertiary/aromatic N) is 1. The first-order chi connectivity index (χ1) is 13.4. The zero-order valence-electron chi connectivity index (χ0n) is 15.1. The Labute approximate surface area is 173 Å². The number of halogens is 1. The highest BCUT2D eigenvalue weighted by Gasteiger charge is 2.28. The van der Waals surface area contributed by atoms with E-state index >= 15 is 0 Å². The van der Waals surface area contributed by atoms with Gasteiger partial charge in [0.15, 0.2) is 0 Å². The molecule has 6 nitrogen and oxygen atoms in total. The molecule has 9 heteroatoms. The fourth-order valence-corrected chi connectivity index (χ4v) is 5.69. The van der Waals surface area contributed by atoms with E-state index in [1.165, 1.54) is 22.5 Å². The highest BCUT2D eigenvalue weighted by atomic mass is 35.5. The van der Waals surface area contributed by atoms with Crippen LogP contribution in [0.4, 0.5) is 5.69 Å². The Bertz CT molecular complexity index is 1050. The van der Waals surface area contributed by atoms with Gasteiger partial charge in [-0.05, 0) is 60.9 Å². The average molecular weight is 438 g/mol. The van der Waals surface area contributed by atoms with Gasteiger partial charge in [0.25, 0.3) is 5.91 Å². The van der Waals surface area contributed by atoms with Crippen LogP contribution in [0.3, 0.4) is 0 Å². The summed E-state index contributed by atoms with van der Waals surface area (Å²) in [5.74, 6) is -0.426. The molecule has 0 radical (unpaired) electrons. The molecule has 1 aromatic carbocycles. The number of anilines is 1. The number of amides is 1. The van der Waals surface area contributed by atoms with Gasteiger partial charge in [-0.25, -0.2) is 8.42 Å². The smallest absolute Gasteiger partial charge is 0.275 e. The third kappa shape index (κ3) is 4.25. The van der Waals surface area contributed by atoms with Crippen LogP contribution in [0.15, 0.2) is 42.1 Å². The van der Waals surface area contributed by atoms with E-state index in [0.29, 0.717) is 17.3 Å². The molecular formula is C19H20ClN3O3S2. The molecule has 28 heavy (non-hydrogen) atoms. The molecule has 0 aliphatic carbocycles. The highest BCUT2D eigenvalue weighted by Crippen LogP contribution is 2.26. The Morgan fingerprint density at radius 2 is 2.07 bits per heavy atom. The lowest BCUT2D eigenvalue weighted by molar-refractivity contribution is -0.114. The van der Waals surface area contributed by atoms with Crippen molar-refractivity contribution in [3.8, 4) is 0 Å². The van der Waals surface area contributed by atoms with Crippen LogP contribution in [-0.2, 0) is 34.2 Å². The van der Waals surface area contributed by atoms with E-state index in [2.05, 4.69) is 10.0 Å². The number of rotatable bonds is 6. The normalized spacial score (nSPS) is 16.8. The van der Waals surface area contributed by atoms with Gasteiger partial charge in [0.2, 0.25) is 10.0 Å². The summed E-state index contributed by atoms with van der Waals surface area (Å²) in [5, 5.41) is 3.32. The van der Waals surface area contributed by atoms with Gasteiger partial charge in [-0.1, -0.05) is 17.7 Å². The fourth-order valence-electron chi connectivity index (χ4n) is 3.38. The van der Waals surface area contributed by atoms with Gasteiger partial charge in [0.1, 0.15) is 5.70 Å². The monoisotopic (exact) mass is 437 g/mol. The summed E-state index contributed by atoms with van der Waals surface area (Å²) in [5.41, 5.74) is 3.36. The molecule has 2 aliphatic rings. The van der Waals surface area contributed by atoms with Gasteiger partial charge in [0, 0.05) is 23.7 Å². The summed E-state index contributed by atoms with van der Waals surface area (Å²) < 4.78 is 27.9. The molecule has 148 valence electrons.